The molecule has 23 heavy (non-hydrogen) atoms. The van der Waals surface area contributed by atoms with Crippen molar-refractivity contribution in [3.05, 3.63) is 60.7 Å². The molecule has 0 aliphatic rings. The van der Waals surface area contributed by atoms with E-state index in [1.807, 2.05) is 0 Å². The van der Waals surface area contributed by atoms with Gasteiger partial charge in [-0.15, -0.1) is 3.71 Å². The van der Waals surface area contributed by atoms with Crippen LogP contribution in [0.2, 0.25) is 0 Å². The highest BCUT2D eigenvalue weighted by molar-refractivity contribution is 8.06. The maximum Gasteiger partial charge on any atom is 0.279 e. The Labute approximate surface area is 140 Å². The molecule has 0 bridgehead atoms. The average Bonchev–Trinajstić information content (AvgIpc) is 2.56. The van der Waals surface area contributed by atoms with Gasteiger partial charge in [-0.3, -0.25) is 0 Å². The second-order valence-corrected chi connectivity index (χ2v) is 8.58. The summed E-state index contributed by atoms with van der Waals surface area (Å²) in [6, 6.07) is 14.5. The third-order valence-corrected chi connectivity index (χ3v) is 7.67. The average molecular weight is 370 g/mol. The first-order chi connectivity index (χ1) is 10.8. The largest absolute Gasteiger partial charge is 0.364 e. The molecule has 9 heteroatoms. The normalized spacial score (nSPS) is 11.7. The molecule has 0 aliphatic heterocycles. The summed E-state index contributed by atoms with van der Waals surface area (Å²) in [5.41, 5.74) is 0. The molecule has 2 aromatic rings. The van der Waals surface area contributed by atoms with Crippen molar-refractivity contribution in [2.45, 2.75) is 9.79 Å². The third-order valence-electron chi connectivity index (χ3n) is 2.90. The molecule has 0 atom stereocenters. The molecule has 2 aromatic carbocycles. The number of thiocarbonyl (C=S) groups is 1. The zero-order valence-electron chi connectivity index (χ0n) is 12.1. The van der Waals surface area contributed by atoms with Crippen LogP contribution >= 0.6 is 12.2 Å². The molecule has 0 aliphatic carbocycles. The molecule has 0 spiro atoms. The van der Waals surface area contributed by atoms with Crippen LogP contribution in [-0.2, 0) is 20.0 Å². The fraction of sp³-hybridized carbons (Fsp3) is 0.0714. The van der Waals surface area contributed by atoms with Crippen molar-refractivity contribution in [1.29, 1.82) is 0 Å². The second-order valence-electron chi connectivity index (χ2n) is 4.39. The predicted molar refractivity (Wildman–Crippen MR) is 90.8 cm³/mol. The van der Waals surface area contributed by atoms with Crippen LogP contribution in [0.5, 0.6) is 0 Å². The van der Waals surface area contributed by atoms with Crippen molar-refractivity contribution < 1.29 is 16.8 Å². The van der Waals surface area contributed by atoms with Gasteiger partial charge in [0.05, 0.1) is 9.79 Å². The number of hydrogen-bond donors (Lipinski definition) is 1. The number of sulfonamides is 2. The van der Waals surface area contributed by atoms with E-state index in [1.54, 1.807) is 12.1 Å². The quantitative estimate of drug-likeness (QED) is 0.823. The molecule has 0 saturated carbocycles. The first-order valence-electron chi connectivity index (χ1n) is 6.44. The molecule has 0 heterocycles. The maximum absolute atomic E-state index is 12.8. The van der Waals surface area contributed by atoms with Gasteiger partial charge in [0.2, 0.25) is 0 Å². The Morgan fingerprint density at radius 3 is 1.48 bits per heavy atom. The van der Waals surface area contributed by atoms with Gasteiger partial charge >= 0.3 is 0 Å². The Morgan fingerprint density at radius 1 is 0.826 bits per heavy atom. The van der Waals surface area contributed by atoms with Crippen LogP contribution in [0, 0.1) is 0 Å². The van der Waals surface area contributed by atoms with E-state index >= 15 is 0 Å². The Balaban J connectivity index is 2.67. The van der Waals surface area contributed by atoms with Crippen molar-refractivity contribution in [3.63, 3.8) is 0 Å². The molecular formula is C14H14N2O4S3. The van der Waals surface area contributed by atoms with Crippen LogP contribution in [0.3, 0.4) is 0 Å². The predicted octanol–water partition coefficient (Wildman–Crippen LogP) is 1.57. The summed E-state index contributed by atoms with van der Waals surface area (Å²) in [6.45, 7) is 0. The smallest absolute Gasteiger partial charge is 0.279 e. The van der Waals surface area contributed by atoms with Gasteiger partial charge in [-0.25, -0.2) is 0 Å². The fourth-order valence-electron chi connectivity index (χ4n) is 1.82. The first kappa shape index (κ1) is 17.4. The molecule has 122 valence electrons. The summed E-state index contributed by atoms with van der Waals surface area (Å²) in [5, 5.41) is 1.98. The lowest BCUT2D eigenvalue weighted by atomic mass is 10.4. The van der Waals surface area contributed by atoms with E-state index in [1.165, 1.54) is 55.6 Å². The van der Waals surface area contributed by atoms with Gasteiger partial charge in [-0.1, -0.05) is 36.4 Å². The van der Waals surface area contributed by atoms with Gasteiger partial charge in [-0.05, 0) is 36.5 Å². The van der Waals surface area contributed by atoms with Crippen molar-refractivity contribution in [3.8, 4) is 0 Å². The van der Waals surface area contributed by atoms with Crippen molar-refractivity contribution in [1.82, 2.24) is 9.03 Å². The van der Waals surface area contributed by atoms with Gasteiger partial charge in [-0.2, -0.15) is 16.8 Å². The molecular weight excluding hydrogens is 356 g/mol. The highest BCUT2D eigenvalue weighted by Crippen LogP contribution is 2.24. The zero-order chi connectivity index (χ0) is 17.1. The minimum atomic E-state index is -4.38. The van der Waals surface area contributed by atoms with Gasteiger partial charge in [0.1, 0.15) is 0 Å². The first-order valence-corrected chi connectivity index (χ1v) is 9.73. The van der Waals surface area contributed by atoms with E-state index in [9.17, 15) is 16.8 Å². The van der Waals surface area contributed by atoms with Crippen LogP contribution in [-0.4, -0.2) is 32.7 Å². The number of nitrogens with one attached hydrogen (secondary N) is 1. The lowest BCUT2D eigenvalue weighted by molar-refractivity contribution is 0.544. The van der Waals surface area contributed by atoms with E-state index < -0.39 is 25.2 Å². The van der Waals surface area contributed by atoms with E-state index in [-0.39, 0.29) is 13.5 Å². The molecule has 1 N–H and O–H groups in total. The molecule has 0 fully saturated rings. The lowest BCUT2D eigenvalue weighted by Gasteiger charge is -2.23. The minimum absolute atomic E-state index is 0.169. The van der Waals surface area contributed by atoms with Crippen molar-refractivity contribution >= 4 is 37.4 Å². The third kappa shape index (κ3) is 3.36. The second kappa shape index (κ2) is 6.65. The fourth-order valence-corrected chi connectivity index (χ4v) is 5.96. The molecule has 0 aromatic heterocycles. The number of rotatable bonds is 4. The minimum Gasteiger partial charge on any atom is -0.364 e. The Hall–Kier alpha value is -1.97. The van der Waals surface area contributed by atoms with Crippen LogP contribution < -0.4 is 5.32 Å². The summed E-state index contributed by atoms with van der Waals surface area (Å²) in [4.78, 5) is -0.339. The summed E-state index contributed by atoms with van der Waals surface area (Å²) in [5.74, 6) is 0. The van der Waals surface area contributed by atoms with Gasteiger partial charge in [0, 0.05) is 7.05 Å². The topological polar surface area (TPSA) is 83.6 Å². The highest BCUT2D eigenvalue weighted by atomic mass is 32.3. The Bertz CT molecular complexity index is 826. The molecule has 2 rings (SSSR count). The standard InChI is InChI=1S/C14H14N2O4S3/c1-15-14(21)16(22(17,18)12-8-4-2-5-9-12)23(19,20)13-10-6-3-7-11-13/h2-11H,1H3,(H,15,21). The van der Waals surface area contributed by atoms with E-state index in [0.29, 0.717) is 0 Å². The summed E-state index contributed by atoms with van der Waals surface area (Å²) in [6.07, 6.45) is 0. The SMILES string of the molecule is CNC(=S)N(S(=O)(=O)c1ccccc1)S(=O)(=O)c1ccccc1. The van der Waals surface area contributed by atoms with Crippen LogP contribution in [0.4, 0.5) is 0 Å². The Morgan fingerprint density at radius 2 is 1.17 bits per heavy atom. The van der Waals surface area contributed by atoms with E-state index in [4.69, 9.17) is 12.2 Å². The van der Waals surface area contributed by atoms with E-state index in [0.717, 1.165) is 0 Å². The maximum atomic E-state index is 12.8. The number of hydrogen-bond acceptors (Lipinski definition) is 5. The monoisotopic (exact) mass is 370 g/mol. The van der Waals surface area contributed by atoms with Gasteiger partial charge in [0.15, 0.2) is 5.11 Å². The Kier molecular flexibility index (Phi) is 5.03. The molecule has 0 saturated heterocycles. The zero-order valence-corrected chi connectivity index (χ0v) is 14.5. The van der Waals surface area contributed by atoms with Crippen molar-refractivity contribution in [2.24, 2.45) is 0 Å². The van der Waals surface area contributed by atoms with Crippen molar-refractivity contribution in [2.75, 3.05) is 7.05 Å². The lowest BCUT2D eigenvalue weighted by Crippen LogP contribution is -2.45. The molecule has 0 unspecified atom stereocenters. The van der Waals surface area contributed by atoms with Crippen LogP contribution in [0.25, 0.3) is 0 Å². The molecule has 0 amide bonds. The summed E-state index contributed by atoms with van der Waals surface area (Å²) in [7, 11) is -7.40. The molecule has 0 radical (unpaired) electrons. The van der Waals surface area contributed by atoms with Crippen LogP contribution in [0.1, 0.15) is 0 Å². The summed E-state index contributed by atoms with van der Waals surface area (Å²) >= 11 is 4.93. The van der Waals surface area contributed by atoms with Gasteiger partial charge < -0.3 is 5.32 Å². The molecule has 6 nitrogen and oxygen atoms in total. The van der Waals surface area contributed by atoms with Crippen LogP contribution in [0.15, 0.2) is 70.5 Å². The summed E-state index contributed by atoms with van der Waals surface area (Å²) < 4.78 is 51.3. The highest BCUT2D eigenvalue weighted by Gasteiger charge is 2.38. The number of benzene rings is 2. The van der Waals surface area contributed by atoms with E-state index in [2.05, 4.69) is 5.32 Å². The van der Waals surface area contributed by atoms with Gasteiger partial charge in [0.25, 0.3) is 20.0 Å². The number of nitrogens with zero attached hydrogens (tertiary/aromatic N) is 1.